The Hall–Kier alpha value is -3.13. The van der Waals surface area contributed by atoms with Crippen LogP contribution >= 0.6 is 0 Å². The molecule has 282 valence electrons. The van der Waals surface area contributed by atoms with Crippen LogP contribution in [0, 0.1) is 0 Å². The molecule has 6 N–H and O–H groups in total. The summed E-state index contributed by atoms with van der Waals surface area (Å²) in [5.41, 5.74) is 1.75. The van der Waals surface area contributed by atoms with E-state index >= 15 is 0 Å². The molecule has 1 aromatic carbocycles. The van der Waals surface area contributed by atoms with E-state index in [4.69, 9.17) is 52.8 Å². The largest absolute Gasteiger partial charge is 0.759 e. The normalized spacial score (nSPS) is 23.5. The molecule has 2 aliphatic rings. The number of aromatic amines is 1. The van der Waals surface area contributed by atoms with Crippen molar-refractivity contribution in [2.45, 2.75) is 62.3 Å². The topological polar surface area (TPSA) is 304 Å². The summed E-state index contributed by atoms with van der Waals surface area (Å²) in [5, 5.41) is 49.1. The lowest BCUT2D eigenvalue weighted by Crippen LogP contribution is -2.58. The number of hydrogen-bond acceptors (Lipinski definition) is 17. The van der Waals surface area contributed by atoms with Crippen molar-refractivity contribution in [2.75, 3.05) is 46.4 Å². The van der Waals surface area contributed by atoms with Gasteiger partial charge in [-0.3, -0.25) is 17.9 Å². The first-order valence-electron chi connectivity index (χ1n) is 15.4. The molecule has 2 fully saturated rings. The lowest BCUT2D eigenvalue weighted by Gasteiger charge is -2.37. The predicted octanol–water partition coefficient (Wildman–Crippen LogP) is -2.95. The van der Waals surface area contributed by atoms with Crippen LogP contribution in [-0.4, -0.2) is 158 Å². The number of piperazine rings is 1. The molecular formula is C28H42N6O14S2-2. The number of aliphatic hydroxyl groups is 5. The Morgan fingerprint density at radius 1 is 1.00 bits per heavy atom. The number of benzene rings is 1. The zero-order chi connectivity index (χ0) is 37.6. The van der Waals surface area contributed by atoms with Crippen molar-refractivity contribution in [3.05, 3.63) is 34.2 Å². The third-order valence-electron chi connectivity index (χ3n) is 7.72. The molecule has 2 unspecified atom stereocenters. The van der Waals surface area contributed by atoms with Gasteiger partial charge in [0.05, 0.1) is 29.4 Å². The first-order valence-corrected chi connectivity index (χ1v) is 18.2. The second kappa shape index (κ2) is 17.4. The van der Waals surface area contributed by atoms with E-state index in [1.54, 1.807) is 25.2 Å². The van der Waals surface area contributed by atoms with Crippen molar-refractivity contribution in [3.63, 3.8) is 0 Å². The second-order valence-electron chi connectivity index (χ2n) is 11.4. The van der Waals surface area contributed by atoms with Gasteiger partial charge in [-0.05, 0) is 38.6 Å². The Balaban J connectivity index is 0.000000328. The molecule has 0 spiro atoms. The Bertz CT molecular complexity index is 1850. The van der Waals surface area contributed by atoms with Crippen LogP contribution in [0.1, 0.15) is 26.0 Å². The van der Waals surface area contributed by atoms with Crippen molar-refractivity contribution in [3.8, 4) is 17.1 Å². The van der Waals surface area contributed by atoms with Crippen LogP contribution in [0.4, 0.5) is 0 Å². The molecule has 0 amide bonds. The van der Waals surface area contributed by atoms with Gasteiger partial charge in [-0.25, -0.2) is 13.4 Å². The average molecular weight is 751 g/mol. The number of aryl methyl sites for hydroxylation is 2. The number of rotatable bonds is 8. The molecule has 2 aliphatic heterocycles. The molecule has 5 atom stereocenters. The maximum absolute atomic E-state index is 13.3. The minimum atomic E-state index is -5.17. The molecule has 0 radical (unpaired) electrons. The SMILES string of the molecule is CCCc1nn(C)c2c(=O)[nH]c(-c3cc(S(=O)(=O)N4CCN(C)CC4)ccc3OCC)nc12.O=S(=O)([O-])[O-].OCC1OC(O)[C@@H](O)[C@H](O)[C@H]1O. The van der Waals surface area contributed by atoms with Gasteiger partial charge in [-0.2, -0.15) is 9.40 Å². The summed E-state index contributed by atoms with van der Waals surface area (Å²) < 4.78 is 74.1. The highest BCUT2D eigenvalue weighted by molar-refractivity contribution is 7.89. The van der Waals surface area contributed by atoms with Gasteiger partial charge in [0.2, 0.25) is 10.0 Å². The highest BCUT2D eigenvalue weighted by Crippen LogP contribution is 2.32. The summed E-state index contributed by atoms with van der Waals surface area (Å²) in [6.45, 7) is 5.95. The molecule has 0 aliphatic carbocycles. The zero-order valence-electron chi connectivity index (χ0n) is 27.7. The van der Waals surface area contributed by atoms with Crippen LogP contribution in [0.2, 0.25) is 0 Å². The predicted molar refractivity (Wildman–Crippen MR) is 172 cm³/mol. The fraction of sp³-hybridized carbons (Fsp3) is 0.607. The zero-order valence-corrected chi connectivity index (χ0v) is 29.4. The van der Waals surface area contributed by atoms with E-state index in [0.717, 1.165) is 12.1 Å². The van der Waals surface area contributed by atoms with E-state index < -0.39 is 57.7 Å². The number of nitrogens with one attached hydrogen (secondary N) is 1. The molecule has 22 heteroatoms. The van der Waals surface area contributed by atoms with Gasteiger partial charge in [0.15, 0.2) is 11.8 Å². The first-order chi connectivity index (χ1) is 23.3. The summed E-state index contributed by atoms with van der Waals surface area (Å²) in [6.07, 6.45) is -5.50. The van der Waals surface area contributed by atoms with E-state index in [2.05, 4.69) is 19.7 Å². The molecule has 0 saturated carbocycles. The third kappa shape index (κ3) is 10.2. The average Bonchev–Trinajstić information content (AvgIpc) is 3.36. The molecule has 50 heavy (non-hydrogen) atoms. The number of ether oxygens (including phenoxy) is 2. The summed E-state index contributed by atoms with van der Waals surface area (Å²) in [7, 11) is -5.17. The second-order valence-corrected chi connectivity index (χ2v) is 14.1. The Kier molecular flexibility index (Phi) is 14.4. The van der Waals surface area contributed by atoms with Crippen molar-refractivity contribution >= 4 is 31.5 Å². The summed E-state index contributed by atoms with van der Waals surface area (Å²) >= 11 is 0. The maximum Gasteiger partial charge on any atom is 0.277 e. The number of H-pyrrole nitrogens is 1. The monoisotopic (exact) mass is 750 g/mol. The van der Waals surface area contributed by atoms with Gasteiger partial charge >= 0.3 is 0 Å². The number of likely N-dealkylation sites (N-methyl/N-ethyl adjacent to an activating group) is 1. The van der Waals surface area contributed by atoms with Crippen LogP contribution in [-0.2, 0) is 38.6 Å². The van der Waals surface area contributed by atoms with Gasteiger partial charge in [0, 0.05) is 43.6 Å². The van der Waals surface area contributed by atoms with Gasteiger partial charge in [0.25, 0.3) is 5.56 Å². The van der Waals surface area contributed by atoms with Gasteiger partial charge in [-0.1, -0.05) is 13.3 Å². The van der Waals surface area contributed by atoms with Gasteiger partial charge < -0.3 is 54.0 Å². The van der Waals surface area contributed by atoms with E-state index in [0.29, 0.717) is 61.6 Å². The third-order valence-corrected chi connectivity index (χ3v) is 9.62. The fourth-order valence-corrected chi connectivity index (χ4v) is 6.62. The van der Waals surface area contributed by atoms with E-state index in [1.807, 2.05) is 20.9 Å². The Morgan fingerprint density at radius 3 is 2.18 bits per heavy atom. The van der Waals surface area contributed by atoms with Crippen LogP contribution in [0.15, 0.2) is 27.9 Å². The van der Waals surface area contributed by atoms with Crippen molar-refractivity contribution in [1.29, 1.82) is 0 Å². The molecule has 0 bridgehead atoms. The molecular weight excluding hydrogens is 708 g/mol. The number of fused-ring (bicyclic) bond motifs is 1. The molecule has 4 heterocycles. The number of aliphatic hydroxyl groups excluding tert-OH is 5. The fourth-order valence-electron chi connectivity index (χ4n) is 5.17. The molecule has 5 rings (SSSR count). The Labute approximate surface area is 288 Å². The highest BCUT2D eigenvalue weighted by Gasteiger charge is 2.42. The summed E-state index contributed by atoms with van der Waals surface area (Å²) in [5.74, 6) is 0.718. The minimum absolute atomic E-state index is 0.147. The number of nitrogens with zero attached hydrogens (tertiary/aromatic N) is 5. The minimum Gasteiger partial charge on any atom is -0.759 e. The molecule has 20 nitrogen and oxygen atoms in total. The standard InChI is InChI=1S/C22H30N6O4S.C6H12O6.H2O4S/c1-5-7-17-19-20(27(4)25-17)22(29)24-21(23-19)16-14-15(8-9-18(16)32-6-2)33(30,31)28-12-10-26(3)11-13-28;7-1-2-3(8)4(9)5(10)6(11)12-2;1-5(2,3)4/h8-9,14H,5-7,10-13H2,1-4H3,(H,23,24,29);2-11H,1H2;(H2,1,2,3,4)/p-2/t;2?,3-,4+,5-,6?;/m.0./s1. The highest BCUT2D eigenvalue weighted by atomic mass is 32.3. The van der Waals surface area contributed by atoms with Crippen molar-refractivity contribution in [2.24, 2.45) is 7.05 Å². The molecule has 2 aromatic heterocycles. The summed E-state index contributed by atoms with van der Waals surface area (Å²) in [4.78, 5) is 22.7. The van der Waals surface area contributed by atoms with E-state index in [9.17, 15) is 13.2 Å². The van der Waals surface area contributed by atoms with Gasteiger partial charge in [0.1, 0.15) is 41.5 Å². The lowest BCUT2D eigenvalue weighted by atomic mass is 10.00. The molecule has 3 aromatic rings. The molecule has 2 saturated heterocycles. The van der Waals surface area contributed by atoms with E-state index in [1.165, 1.54) is 8.99 Å². The number of aromatic nitrogens is 4. The Morgan fingerprint density at radius 2 is 1.62 bits per heavy atom. The first kappa shape index (κ1) is 41.3. The lowest BCUT2D eigenvalue weighted by molar-refractivity contribution is -0.286. The van der Waals surface area contributed by atoms with Crippen LogP contribution in [0.25, 0.3) is 22.4 Å². The van der Waals surface area contributed by atoms with Crippen molar-refractivity contribution < 1.29 is 60.9 Å². The number of sulfonamides is 1. The number of hydrogen-bond donors (Lipinski definition) is 6. The van der Waals surface area contributed by atoms with Crippen molar-refractivity contribution in [1.82, 2.24) is 29.0 Å². The van der Waals surface area contributed by atoms with Crippen LogP contribution < -0.4 is 10.3 Å². The maximum atomic E-state index is 13.3. The quantitative estimate of drug-likeness (QED) is 0.0990. The van der Waals surface area contributed by atoms with E-state index in [-0.39, 0.29) is 16.3 Å². The van der Waals surface area contributed by atoms with Crippen LogP contribution in [0.5, 0.6) is 5.75 Å². The smallest absolute Gasteiger partial charge is 0.277 e. The van der Waals surface area contributed by atoms with Crippen LogP contribution in [0.3, 0.4) is 0 Å². The van der Waals surface area contributed by atoms with Gasteiger partial charge in [-0.15, -0.1) is 0 Å². The summed E-state index contributed by atoms with van der Waals surface area (Å²) in [6, 6.07) is 4.71.